The van der Waals surface area contributed by atoms with E-state index in [1.165, 1.54) is 12.5 Å². The monoisotopic (exact) mass is 348 g/mol. The van der Waals surface area contributed by atoms with Crippen molar-refractivity contribution in [1.82, 2.24) is 0 Å². The molecular formula is C20H28O5. The summed E-state index contributed by atoms with van der Waals surface area (Å²) >= 11 is 0. The molecule has 1 saturated carbocycles. The molecule has 0 aromatic heterocycles. The number of hydrogen-bond donors (Lipinski definition) is 0. The number of ketones is 1. The van der Waals surface area contributed by atoms with E-state index in [1.807, 2.05) is 13.0 Å². The molecule has 1 aliphatic heterocycles. The molecule has 3 atom stereocenters. The Hall–Kier alpha value is -1.91. The SMILES string of the molecule is CC(=O)O[C@@H]1CCC(=O)C2(CC(=O)O[C@@H]2/C=C(\C)CCC=C(C)C)C1. The standard InChI is InChI=1S/C20H28O5/c1-13(2)6-5-7-14(3)10-18-20(12-19(23)25-18)11-16(24-15(4)21)8-9-17(20)22/h6,10,16,18H,5,7-9,11-12H2,1-4H3/b14-10+/t16-,18-,20?/m1/s1. The molecule has 0 aromatic carbocycles. The van der Waals surface area contributed by atoms with E-state index >= 15 is 0 Å². The van der Waals surface area contributed by atoms with Crippen molar-refractivity contribution in [3.05, 3.63) is 23.3 Å². The minimum absolute atomic E-state index is 0.0418. The number of carbonyl (C=O) groups excluding carboxylic acids is 3. The molecule has 0 radical (unpaired) electrons. The number of allylic oxidation sites excluding steroid dienone is 3. The zero-order chi connectivity index (χ0) is 18.6. The average molecular weight is 348 g/mol. The summed E-state index contributed by atoms with van der Waals surface area (Å²) < 4.78 is 10.8. The van der Waals surface area contributed by atoms with Crippen molar-refractivity contribution in [2.24, 2.45) is 5.41 Å². The van der Waals surface area contributed by atoms with Crippen molar-refractivity contribution in [2.45, 2.75) is 78.4 Å². The summed E-state index contributed by atoms with van der Waals surface area (Å²) in [6.07, 6.45) is 6.24. The van der Waals surface area contributed by atoms with Gasteiger partial charge in [-0.05, 0) is 46.1 Å². The van der Waals surface area contributed by atoms with Gasteiger partial charge >= 0.3 is 11.9 Å². The Morgan fingerprint density at radius 2 is 2.00 bits per heavy atom. The third-order valence-corrected chi connectivity index (χ3v) is 4.96. The Kier molecular flexibility index (Phi) is 6.20. The Balaban J connectivity index is 2.18. The molecule has 0 N–H and O–H groups in total. The van der Waals surface area contributed by atoms with Crippen molar-refractivity contribution in [1.29, 1.82) is 0 Å². The average Bonchev–Trinajstić information content (AvgIpc) is 2.78. The second-order valence-electron chi connectivity index (χ2n) is 7.47. The molecule has 0 bridgehead atoms. The highest BCUT2D eigenvalue weighted by atomic mass is 16.6. The van der Waals surface area contributed by atoms with Crippen LogP contribution in [-0.4, -0.2) is 29.9 Å². The number of hydrogen-bond acceptors (Lipinski definition) is 5. The lowest BCUT2D eigenvalue weighted by Crippen LogP contribution is -2.45. The molecule has 0 amide bonds. The number of rotatable bonds is 5. The van der Waals surface area contributed by atoms with Gasteiger partial charge in [-0.3, -0.25) is 14.4 Å². The number of carbonyl (C=O) groups is 3. The van der Waals surface area contributed by atoms with Gasteiger partial charge in [0.15, 0.2) is 0 Å². The van der Waals surface area contributed by atoms with Gasteiger partial charge < -0.3 is 9.47 Å². The van der Waals surface area contributed by atoms with Gasteiger partial charge in [0.25, 0.3) is 0 Å². The molecule has 138 valence electrons. The Morgan fingerprint density at radius 1 is 1.28 bits per heavy atom. The van der Waals surface area contributed by atoms with Crippen molar-refractivity contribution >= 4 is 17.7 Å². The zero-order valence-electron chi connectivity index (χ0n) is 15.6. The maximum Gasteiger partial charge on any atom is 0.307 e. The van der Waals surface area contributed by atoms with Crippen LogP contribution in [0.3, 0.4) is 0 Å². The van der Waals surface area contributed by atoms with E-state index in [9.17, 15) is 14.4 Å². The van der Waals surface area contributed by atoms with Gasteiger partial charge in [-0.25, -0.2) is 0 Å². The van der Waals surface area contributed by atoms with Gasteiger partial charge in [0.2, 0.25) is 0 Å². The van der Waals surface area contributed by atoms with E-state index in [4.69, 9.17) is 9.47 Å². The summed E-state index contributed by atoms with van der Waals surface area (Å²) in [6, 6.07) is 0. The first-order chi connectivity index (χ1) is 11.7. The lowest BCUT2D eigenvalue weighted by Gasteiger charge is -2.37. The van der Waals surface area contributed by atoms with Gasteiger partial charge in [0, 0.05) is 19.8 Å². The fraction of sp³-hybridized carbons (Fsp3) is 0.650. The highest BCUT2D eigenvalue weighted by molar-refractivity contribution is 5.93. The van der Waals surface area contributed by atoms with Gasteiger partial charge in [0.1, 0.15) is 18.0 Å². The van der Waals surface area contributed by atoms with Crippen LogP contribution in [0.15, 0.2) is 23.3 Å². The van der Waals surface area contributed by atoms with Crippen LogP contribution in [0.25, 0.3) is 0 Å². The van der Waals surface area contributed by atoms with Crippen LogP contribution >= 0.6 is 0 Å². The molecule has 1 heterocycles. The maximum absolute atomic E-state index is 12.7. The van der Waals surface area contributed by atoms with E-state index in [-0.39, 0.29) is 30.2 Å². The van der Waals surface area contributed by atoms with Crippen LogP contribution in [0.4, 0.5) is 0 Å². The first-order valence-corrected chi connectivity index (χ1v) is 8.93. The largest absolute Gasteiger partial charge is 0.463 e. The van der Waals surface area contributed by atoms with E-state index < -0.39 is 11.5 Å². The fourth-order valence-corrected chi connectivity index (χ4v) is 3.72. The number of ether oxygens (including phenoxy) is 2. The smallest absolute Gasteiger partial charge is 0.307 e. The van der Waals surface area contributed by atoms with Crippen molar-refractivity contribution in [3.63, 3.8) is 0 Å². The van der Waals surface area contributed by atoms with E-state index in [0.29, 0.717) is 19.3 Å². The lowest BCUT2D eigenvalue weighted by molar-refractivity contribution is -0.155. The van der Waals surface area contributed by atoms with Crippen molar-refractivity contribution < 1.29 is 23.9 Å². The minimum Gasteiger partial charge on any atom is -0.463 e. The van der Waals surface area contributed by atoms with Crippen LogP contribution < -0.4 is 0 Å². The second-order valence-corrected chi connectivity index (χ2v) is 7.47. The quantitative estimate of drug-likeness (QED) is 0.560. The summed E-state index contributed by atoms with van der Waals surface area (Å²) in [7, 11) is 0. The van der Waals surface area contributed by atoms with Crippen molar-refractivity contribution in [2.75, 3.05) is 0 Å². The first kappa shape index (κ1) is 19.4. The van der Waals surface area contributed by atoms with Gasteiger partial charge in [-0.15, -0.1) is 0 Å². The van der Waals surface area contributed by atoms with Crippen LogP contribution in [0.5, 0.6) is 0 Å². The Morgan fingerprint density at radius 3 is 2.64 bits per heavy atom. The normalized spacial score (nSPS) is 29.5. The lowest BCUT2D eigenvalue weighted by atomic mass is 9.67. The molecule has 1 saturated heterocycles. The van der Waals surface area contributed by atoms with Crippen LogP contribution in [-0.2, 0) is 23.9 Å². The third-order valence-electron chi connectivity index (χ3n) is 4.96. The highest BCUT2D eigenvalue weighted by Crippen LogP contribution is 2.47. The van der Waals surface area contributed by atoms with E-state index in [2.05, 4.69) is 19.9 Å². The molecule has 1 unspecified atom stereocenters. The summed E-state index contributed by atoms with van der Waals surface area (Å²) in [5.74, 6) is -0.667. The molecule has 1 spiro atoms. The first-order valence-electron chi connectivity index (χ1n) is 8.93. The summed E-state index contributed by atoms with van der Waals surface area (Å²) in [6.45, 7) is 7.48. The summed E-state index contributed by atoms with van der Waals surface area (Å²) in [5, 5.41) is 0. The molecule has 0 aromatic rings. The second kappa shape index (κ2) is 7.98. The topological polar surface area (TPSA) is 69.7 Å². The molecule has 5 heteroatoms. The molecule has 2 rings (SSSR count). The maximum atomic E-state index is 12.7. The molecule has 5 nitrogen and oxygen atoms in total. The molecule has 2 fully saturated rings. The van der Waals surface area contributed by atoms with Crippen LogP contribution in [0.1, 0.15) is 66.2 Å². The number of esters is 2. The highest BCUT2D eigenvalue weighted by Gasteiger charge is 2.56. The molecule has 2 aliphatic rings. The zero-order valence-corrected chi connectivity index (χ0v) is 15.6. The number of cyclic esters (lactones) is 1. The van der Waals surface area contributed by atoms with Gasteiger partial charge in [-0.1, -0.05) is 17.2 Å². The van der Waals surface area contributed by atoms with Gasteiger partial charge in [-0.2, -0.15) is 0 Å². The van der Waals surface area contributed by atoms with Crippen molar-refractivity contribution in [3.8, 4) is 0 Å². The van der Waals surface area contributed by atoms with E-state index in [1.54, 1.807) is 0 Å². The predicted molar refractivity (Wildman–Crippen MR) is 93.8 cm³/mol. The molecule has 25 heavy (non-hydrogen) atoms. The van der Waals surface area contributed by atoms with Gasteiger partial charge in [0.05, 0.1) is 11.8 Å². The minimum atomic E-state index is -0.882. The Labute approximate surface area is 149 Å². The van der Waals surface area contributed by atoms with E-state index in [0.717, 1.165) is 18.4 Å². The third kappa shape index (κ3) is 4.80. The number of Topliss-reactive ketones (excluding diaryl/α,β-unsaturated/α-hetero) is 1. The predicted octanol–water partition coefficient (Wildman–Crippen LogP) is 3.67. The molecule has 1 aliphatic carbocycles. The Bertz CT molecular complexity index is 612. The fourth-order valence-electron chi connectivity index (χ4n) is 3.72. The van der Waals surface area contributed by atoms with Crippen LogP contribution in [0.2, 0.25) is 0 Å². The summed E-state index contributed by atoms with van der Waals surface area (Å²) in [5.41, 5.74) is 1.48. The summed E-state index contributed by atoms with van der Waals surface area (Å²) in [4.78, 5) is 35.9. The molecular weight excluding hydrogens is 320 g/mol. The van der Waals surface area contributed by atoms with Crippen LogP contribution in [0, 0.1) is 5.41 Å².